The molecule has 1 aromatic carbocycles. The average Bonchev–Trinajstić information content (AvgIpc) is 2.38. The average molecular weight is 205 g/mol. The highest BCUT2D eigenvalue weighted by molar-refractivity contribution is 5.65. The lowest BCUT2D eigenvalue weighted by Crippen LogP contribution is -2.12. The number of nitrogens with two attached hydrogens (primary N) is 1. The topological polar surface area (TPSA) is 35.2 Å². The molecule has 2 heteroatoms. The van der Waals surface area contributed by atoms with Gasteiger partial charge in [-0.25, -0.2) is 0 Å². The summed E-state index contributed by atoms with van der Waals surface area (Å²) >= 11 is 0. The lowest BCUT2D eigenvalue weighted by molar-refractivity contribution is 0.416. The molecule has 0 spiro atoms. The van der Waals surface area contributed by atoms with Crippen molar-refractivity contribution in [3.05, 3.63) is 23.3 Å². The van der Waals surface area contributed by atoms with Crippen LogP contribution in [0.15, 0.2) is 12.1 Å². The number of benzene rings is 1. The summed E-state index contributed by atoms with van der Waals surface area (Å²) in [6.45, 7) is 6.80. The van der Waals surface area contributed by atoms with Crippen LogP contribution in [0.1, 0.15) is 44.2 Å². The van der Waals surface area contributed by atoms with Gasteiger partial charge in [0.05, 0.1) is 12.8 Å². The second-order valence-electron chi connectivity index (χ2n) is 5.13. The van der Waals surface area contributed by atoms with Crippen LogP contribution in [0.2, 0.25) is 0 Å². The summed E-state index contributed by atoms with van der Waals surface area (Å²) in [5.74, 6) is 1.34. The molecule has 1 aromatic rings. The van der Waals surface area contributed by atoms with Crippen LogP contribution in [0, 0.1) is 0 Å². The van der Waals surface area contributed by atoms with Gasteiger partial charge in [-0.05, 0) is 34.9 Å². The molecule has 0 heterocycles. The van der Waals surface area contributed by atoms with E-state index in [1.54, 1.807) is 7.11 Å². The third-order valence-electron chi connectivity index (χ3n) is 3.51. The van der Waals surface area contributed by atoms with Crippen LogP contribution in [0.4, 0.5) is 5.69 Å². The normalized spacial score (nSPS) is 22.5. The van der Waals surface area contributed by atoms with Crippen molar-refractivity contribution in [3.63, 3.8) is 0 Å². The van der Waals surface area contributed by atoms with Crippen molar-refractivity contribution < 1.29 is 4.74 Å². The Kier molecular flexibility index (Phi) is 2.18. The van der Waals surface area contributed by atoms with E-state index in [4.69, 9.17) is 10.5 Å². The Bertz CT molecular complexity index is 396. The molecule has 1 atom stereocenters. The monoisotopic (exact) mass is 205 g/mol. The van der Waals surface area contributed by atoms with Gasteiger partial charge in [-0.3, -0.25) is 0 Å². The standard InChI is InChI=1S/C13H19NO/c1-8-7-13(2,3)9-5-6-10(15-4)12(14)11(8)9/h5-6,8H,7,14H2,1-4H3. The molecule has 1 unspecified atom stereocenters. The predicted molar refractivity (Wildman–Crippen MR) is 63.5 cm³/mol. The first kappa shape index (κ1) is 10.3. The van der Waals surface area contributed by atoms with Crippen LogP contribution >= 0.6 is 0 Å². The molecule has 15 heavy (non-hydrogen) atoms. The Morgan fingerprint density at radius 2 is 2.07 bits per heavy atom. The molecule has 82 valence electrons. The smallest absolute Gasteiger partial charge is 0.142 e. The van der Waals surface area contributed by atoms with Crippen molar-refractivity contribution in [2.45, 2.75) is 38.5 Å². The summed E-state index contributed by atoms with van der Waals surface area (Å²) in [6.07, 6.45) is 1.17. The zero-order chi connectivity index (χ0) is 11.2. The molecule has 0 aliphatic heterocycles. The summed E-state index contributed by atoms with van der Waals surface area (Å²) in [4.78, 5) is 0. The van der Waals surface area contributed by atoms with Gasteiger partial charge >= 0.3 is 0 Å². The molecule has 1 aliphatic rings. The molecule has 2 N–H and O–H groups in total. The fourth-order valence-corrected chi connectivity index (χ4v) is 2.89. The van der Waals surface area contributed by atoms with Gasteiger partial charge in [-0.1, -0.05) is 26.8 Å². The fourth-order valence-electron chi connectivity index (χ4n) is 2.89. The van der Waals surface area contributed by atoms with Gasteiger partial charge in [0.25, 0.3) is 0 Å². The van der Waals surface area contributed by atoms with E-state index in [0.29, 0.717) is 5.92 Å². The van der Waals surface area contributed by atoms with Gasteiger partial charge in [0.2, 0.25) is 0 Å². The van der Waals surface area contributed by atoms with E-state index >= 15 is 0 Å². The highest BCUT2D eigenvalue weighted by Gasteiger charge is 2.36. The lowest BCUT2D eigenvalue weighted by Gasteiger charge is -2.19. The van der Waals surface area contributed by atoms with Crippen LogP contribution in [0.3, 0.4) is 0 Å². The minimum atomic E-state index is 0.245. The Hall–Kier alpha value is -1.18. The van der Waals surface area contributed by atoms with E-state index < -0.39 is 0 Å². The van der Waals surface area contributed by atoms with Crippen LogP contribution in [0.5, 0.6) is 5.75 Å². The number of ether oxygens (including phenoxy) is 1. The lowest BCUT2D eigenvalue weighted by atomic mass is 9.86. The predicted octanol–water partition coefficient (Wildman–Crippen LogP) is 3.06. The number of anilines is 1. The van der Waals surface area contributed by atoms with E-state index in [2.05, 4.69) is 26.8 Å². The van der Waals surface area contributed by atoms with Crippen molar-refractivity contribution in [3.8, 4) is 5.75 Å². The maximum atomic E-state index is 6.13. The van der Waals surface area contributed by atoms with Gasteiger partial charge in [0.15, 0.2) is 0 Å². The SMILES string of the molecule is COc1ccc2c(c1N)C(C)CC2(C)C. The summed E-state index contributed by atoms with van der Waals surface area (Å²) < 4.78 is 5.26. The van der Waals surface area contributed by atoms with Gasteiger partial charge in [0.1, 0.15) is 5.75 Å². The molecule has 2 rings (SSSR count). The number of nitrogen functional groups attached to an aromatic ring is 1. The van der Waals surface area contributed by atoms with Gasteiger partial charge in [0, 0.05) is 0 Å². The Morgan fingerprint density at radius 1 is 1.40 bits per heavy atom. The minimum absolute atomic E-state index is 0.245. The number of hydrogen-bond acceptors (Lipinski definition) is 2. The second-order valence-corrected chi connectivity index (χ2v) is 5.13. The quantitative estimate of drug-likeness (QED) is 0.715. The molecule has 0 aromatic heterocycles. The molecular formula is C13H19NO. The molecule has 1 aliphatic carbocycles. The van der Waals surface area contributed by atoms with Gasteiger partial charge in [-0.2, -0.15) is 0 Å². The number of hydrogen-bond donors (Lipinski definition) is 1. The summed E-state index contributed by atoms with van der Waals surface area (Å²) in [7, 11) is 1.67. The van der Waals surface area contributed by atoms with Crippen molar-refractivity contribution in [2.75, 3.05) is 12.8 Å². The third-order valence-corrected chi connectivity index (χ3v) is 3.51. The fraction of sp³-hybridized carbons (Fsp3) is 0.538. The van der Waals surface area contributed by atoms with Gasteiger partial charge in [-0.15, -0.1) is 0 Å². The first-order valence-electron chi connectivity index (χ1n) is 5.44. The molecule has 0 saturated carbocycles. The van der Waals surface area contributed by atoms with Gasteiger partial charge < -0.3 is 10.5 Å². The Balaban J connectivity index is 2.64. The highest BCUT2D eigenvalue weighted by Crippen LogP contribution is 2.49. The van der Waals surface area contributed by atoms with E-state index in [0.717, 1.165) is 11.4 Å². The molecule has 0 fully saturated rings. The summed E-state index contributed by atoms with van der Waals surface area (Å²) in [5, 5.41) is 0. The van der Waals surface area contributed by atoms with E-state index in [9.17, 15) is 0 Å². The minimum Gasteiger partial charge on any atom is -0.495 e. The molecule has 0 bridgehead atoms. The summed E-state index contributed by atoms with van der Waals surface area (Å²) in [5.41, 5.74) is 9.88. The molecule has 0 radical (unpaired) electrons. The molecule has 2 nitrogen and oxygen atoms in total. The molecule has 0 saturated heterocycles. The van der Waals surface area contributed by atoms with Crippen molar-refractivity contribution in [1.82, 2.24) is 0 Å². The Morgan fingerprint density at radius 3 is 2.67 bits per heavy atom. The van der Waals surface area contributed by atoms with Crippen molar-refractivity contribution in [2.24, 2.45) is 0 Å². The number of rotatable bonds is 1. The number of fused-ring (bicyclic) bond motifs is 1. The Labute approximate surface area is 91.4 Å². The zero-order valence-corrected chi connectivity index (χ0v) is 9.92. The maximum absolute atomic E-state index is 6.13. The molecule has 0 amide bonds. The van der Waals surface area contributed by atoms with Crippen molar-refractivity contribution in [1.29, 1.82) is 0 Å². The van der Waals surface area contributed by atoms with Crippen LogP contribution in [-0.2, 0) is 5.41 Å². The first-order chi connectivity index (χ1) is 6.97. The van der Waals surface area contributed by atoms with Crippen LogP contribution < -0.4 is 10.5 Å². The van der Waals surface area contributed by atoms with Crippen molar-refractivity contribution >= 4 is 5.69 Å². The second kappa shape index (κ2) is 3.16. The van der Waals surface area contributed by atoms with Crippen LogP contribution in [0.25, 0.3) is 0 Å². The first-order valence-corrected chi connectivity index (χ1v) is 5.44. The highest BCUT2D eigenvalue weighted by atomic mass is 16.5. The van der Waals surface area contributed by atoms with E-state index in [1.807, 2.05) is 6.07 Å². The summed E-state index contributed by atoms with van der Waals surface area (Å²) in [6, 6.07) is 4.14. The van der Waals surface area contributed by atoms with E-state index in [1.165, 1.54) is 17.5 Å². The van der Waals surface area contributed by atoms with Crippen LogP contribution in [-0.4, -0.2) is 7.11 Å². The number of methoxy groups -OCH3 is 1. The maximum Gasteiger partial charge on any atom is 0.142 e. The molecular weight excluding hydrogens is 186 g/mol. The van der Waals surface area contributed by atoms with E-state index in [-0.39, 0.29) is 5.41 Å². The largest absolute Gasteiger partial charge is 0.495 e. The third kappa shape index (κ3) is 1.39. The zero-order valence-electron chi connectivity index (χ0n) is 9.92.